The molecule has 1 rings (SSSR count). The Hall–Kier alpha value is -0.530. The molecule has 1 nitrogen and oxygen atoms in total. The monoisotopic (exact) mass is 198 g/mol. The van der Waals surface area contributed by atoms with Crippen LogP contribution in [0.5, 0.6) is 0 Å². The average molecular weight is 199 g/mol. The second-order valence-corrected chi connectivity index (χ2v) is 4.04. The number of benzene rings is 1. The minimum Gasteiger partial charge on any atom is -0.392 e. The van der Waals surface area contributed by atoms with E-state index in [1.807, 2.05) is 18.2 Å². The molecule has 0 radical (unpaired) electrons. The molecule has 1 N–H and O–H groups in total. The number of halogens is 1. The van der Waals surface area contributed by atoms with Gasteiger partial charge in [-0.2, -0.15) is 0 Å². The van der Waals surface area contributed by atoms with Crippen LogP contribution in [-0.4, -0.2) is 5.11 Å². The van der Waals surface area contributed by atoms with Crippen LogP contribution in [0.1, 0.15) is 25.0 Å². The summed E-state index contributed by atoms with van der Waals surface area (Å²) in [5.74, 6) is 0.587. The summed E-state index contributed by atoms with van der Waals surface area (Å²) >= 11 is 5.95. The minimum atomic E-state index is 0.0295. The third kappa shape index (κ3) is 2.71. The van der Waals surface area contributed by atoms with E-state index in [2.05, 4.69) is 13.8 Å². The summed E-state index contributed by atoms with van der Waals surface area (Å²) in [7, 11) is 0. The molecule has 2 heteroatoms. The van der Waals surface area contributed by atoms with E-state index in [4.69, 9.17) is 16.7 Å². The third-order valence-electron chi connectivity index (χ3n) is 2.00. The standard InChI is InChI=1S/C11H15ClO/c1-8(2)6-9-4-3-5-11(12)10(9)7-13/h3-5,8,13H,6-7H2,1-2H3. The molecule has 0 aromatic heterocycles. The highest BCUT2D eigenvalue weighted by Crippen LogP contribution is 2.22. The van der Waals surface area contributed by atoms with Crippen molar-refractivity contribution < 1.29 is 5.11 Å². The molecule has 1 aromatic rings. The average Bonchev–Trinajstić information content (AvgIpc) is 2.03. The Labute approximate surface area is 84.4 Å². The Kier molecular flexibility index (Phi) is 3.76. The Morgan fingerprint density at radius 1 is 1.38 bits per heavy atom. The Bertz CT molecular complexity index is 281. The number of rotatable bonds is 3. The van der Waals surface area contributed by atoms with Crippen molar-refractivity contribution in [1.29, 1.82) is 0 Å². The Morgan fingerprint density at radius 3 is 2.62 bits per heavy atom. The van der Waals surface area contributed by atoms with Gasteiger partial charge in [-0.3, -0.25) is 0 Å². The Balaban J connectivity index is 2.98. The van der Waals surface area contributed by atoms with Gasteiger partial charge in [0, 0.05) is 5.02 Å². The predicted molar refractivity (Wildman–Crippen MR) is 55.9 cm³/mol. The molecule has 0 saturated carbocycles. The molecular formula is C11H15ClO. The Morgan fingerprint density at radius 2 is 2.08 bits per heavy atom. The van der Waals surface area contributed by atoms with Crippen LogP contribution in [-0.2, 0) is 13.0 Å². The molecule has 0 bridgehead atoms. The summed E-state index contributed by atoms with van der Waals surface area (Å²) in [5, 5.41) is 9.79. The minimum absolute atomic E-state index is 0.0295. The first-order valence-electron chi connectivity index (χ1n) is 4.52. The molecule has 0 saturated heterocycles. The lowest BCUT2D eigenvalue weighted by Gasteiger charge is -2.10. The molecule has 0 heterocycles. The van der Waals surface area contributed by atoms with Gasteiger partial charge in [0.1, 0.15) is 0 Å². The quantitative estimate of drug-likeness (QED) is 0.792. The largest absolute Gasteiger partial charge is 0.392 e. The number of hydrogen-bond donors (Lipinski definition) is 1. The van der Waals surface area contributed by atoms with Crippen molar-refractivity contribution in [3.63, 3.8) is 0 Å². The molecule has 1 aromatic carbocycles. The van der Waals surface area contributed by atoms with E-state index < -0.39 is 0 Å². The first kappa shape index (κ1) is 10.6. The molecule has 0 aliphatic carbocycles. The van der Waals surface area contributed by atoms with Crippen LogP contribution in [0, 0.1) is 5.92 Å². The van der Waals surface area contributed by atoms with Crippen LogP contribution in [0.3, 0.4) is 0 Å². The van der Waals surface area contributed by atoms with E-state index in [1.165, 1.54) is 0 Å². The van der Waals surface area contributed by atoms with Crippen LogP contribution in [0.15, 0.2) is 18.2 Å². The van der Waals surface area contributed by atoms with Gasteiger partial charge >= 0.3 is 0 Å². The van der Waals surface area contributed by atoms with Crippen molar-refractivity contribution in [3.8, 4) is 0 Å². The van der Waals surface area contributed by atoms with Gasteiger partial charge in [0.15, 0.2) is 0 Å². The lowest BCUT2D eigenvalue weighted by Crippen LogP contribution is -1.99. The highest BCUT2D eigenvalue weighted by molar-refractivity contribution is 6.31. The fraction of sp³-hybridized carbons (Fsp3) is 0.455. The number of hydrogen-bond acceptors (Lipinski definition) is 1. The van der Waals surface area contributed by atoms with Crippen molar-refractivity contribution in [2.45, 2.75) is 26.9 Å². The van der Waals surface area contributed by atoms with Crippen molar-refractivity contribution >= 4 is 11.6 Å². The maximum absolute atomic E-state index is 9.13. The van der Waals surface area contributed by atoms with Crippen LogP contribution < -0.4 is 0 Å². The van der Waals surface area contributed by atoms with Crippen molar-refractivity contribution in [2.24, 2.45) is 5.92 Å². The van der Waals surface area contributed by atoms with Crippen LogP contribution in [0.4, 0.5) is 0 Å². The zero-order valence-electron chi connectivity index (χ0n) is 8.05. The molecule has 72 valence electrons. The highest BCUT2D eigenvalue weighted by Gasteiger charge is 2.06. The lowest BCUT2D eigenvalue weighted by atomic mass is 9.98. The topological polar surface area (TPSA) is 20.2 Å². The summed E-state index contributed by atoms with van der Waals surface area (Å²) in [4.78, 5) is 0. The van der Waals surface area contributed by atoms with Crippen molar-refractivity contribution in [3.05, 3.63) is 34.3 Å². The molecule has 13 heavy (non-hydrogen) atoms. The van der Waals surface area contributed by atoms with Gasteiger partial charge in [-0.25, -0.2) is 0 Å². The SMILES string of the molecule is CC(C)Cc1cccc(Cl)c1CO. The van der Waals surface area contributed by atoms with Crippen LogP contribution in [0.2, 0.25) is 5.02 Å². The fourth-order valence-electron chi connectivity index (χ4n) is 1.41. The summed E-state index contributed by atoms with van der Waals surface area (Å²) in [6.45, 7) is 4.34. The molecule has 0 atom stereocenters. The fourth-order valence-corrected chi connectivity index (χ4v) is 1.67. The summed E-state index contributed by atoms with van der Waals surface area (Å²) in [6, 6.07) is 5.77. The van der Waals surface area contributed by atoms with Gasteiger partial charge in [-0.05, 0) is 29.5 Å². The van der Waals surface area contributed by atoms with Gasteiger partial charge in [-0.1, -0.05) is 37.6 Å². The molecule has 0 spiro atoms. The van der Waals surface area contributed by atoms with E-state index in [-0.39, 0.29) is 6.61 Å². The van der Waals surface area contributed by atoms with Crippen LogP contribution >= 0.6 is 11.6 Å². The maximum Gasteiger partial charge on any atom is 0.0699 e. The molecule has 0 aliphatic rings. The second kappa shape index (κ2) is 4.64. The number of aliphatic hydroxyl groups excluding tert-OH is 1. The molecule has 0 unspecified atom stereocenters. The first-order chi connectivity index (χ1) is 6.15. The summed E-state index contributed by atoms with van der Waals surface area (Å²) < 4.78 is 0. The smallest absolute Gasteiger partial charge is 0.0699 e. The van der Waals surface area contributed by atoms with Crippen LogP contribution in [0.25, 0.3) is 0 Å². The van der Waals surface area contributed by atoms with Gasteiger partial charge in [0.25, 0.3) is 0 Å². The summed E-state index contributed by atoms with van der Waals surface area (Å²) in [5.41, 5.74) is 2.03. The molecule has 0 amide bonds. The maximum atomic E-state index is 9.13. The zero-order valence-corrected chi connectivity index (χ0v) is 8.80. The van der Waals surface area contributed by atoms with Crippen molar-refractivity contribution in [1.82, 2.24) is 0 Å². The number of aliphatic hydroxyl groups is 1. The van der Waals surface area contributed by atoms with E-state index >= 15 is 0 Å². The molecular weight excluding hydrogens is 184 g/mol. The van der Waals surface area contributed by atoms with Gasteiger partial charge in [0.2, 0.25) is 0 Å². The molecule has 0 fully saturated rings. The first-order valence-corrected chi connectivity index (χ1v) is 4.90. The molecule has 0 aliphatic heterocycles. The van der Waals surface area contributed by atoms with E-state index in [9.17, 15) is 0 Å². The summed E-state index contributed by atoms with van der Waals surface area (Å²) in [6.07, 6.45) is 0.969. The predicted octanol–water partition coefficient (Wildman–Crippen LogP) is 3.03. The van der Waals surface area contributed by atoms with E-state index in [0.29, 0.717) is 10.9 Å². The zero-order chi connectivity index (χ0) is 9.84. The van der Waals surface area contributed by atoms with Gasteiger partial charge < -0.3 is 5.11 Å². The van der Waals surface area contributed by atoms with Gasteiger partial charge in [-0.15, -0.1) is 0 Å². The lowest BCUT2D eigenvalue weighted by molar-refractivity contribution is 0.280. The van der Waals surface area contributed by atoms with E-state index in [0.717, 1.165) is 17.5 Å². The van der Waals surface area contributed by atoms with Crippen molar-refractivity contribution in [2.75, 3.05) is 0 Å². The normalized spacial score (nSPS) is 10.8. The third-order valence-corrected chi connectivity index (χ3v) is 2.36. The second-order valence-electron chi connectivity index (χ2n) is 3.63. The van der Waals surface area contributed by atoms with Gasteiger partial charge in [0.05, 0.1) is 6.61 Å². The highest BCUT2D eigenvalue weighted by atomic mass is 35.5. The van der Waals surface area contributed by atoms with E-state index in [1.54, 1.807) is 0 Å².